The van der Waals surface area contributed by atoms with Gasteiger partial charge in [-0.15, -0.1) is 0 Å². The Morgan fingerprint density at radius 1 is 0.969 bits per heavy atom. The number of sulfonamides is 1. The van der Waals surface area contributed by atoms with Crippen LogP contribution >= 0.6 is 0 Å². The van der Waals surface area contributed by atoms with E-state index in [1.54, 1.807) is 6.92 Å². The molecule has 0 spiro atoms. The number of hydrogen-bond acceptors (Lipinski definition) is 4. The number of carbonyl (C=O) groups excluding carboxylic acids is 1. The molecule has 0 aliphatic heterocycles. The summed E-state index contributed by atoms with van der Waals surface area (Å²) in [5, 5.41) is 2.72. The Morgan fingerprint density at radius 3 is 2.12 bits per heavy atom. The number of amides is 1. The summed E-state index contributed by atoms with van der Waals surface area (Å²) in [6.45, 7) is 5.46. The molecule has 0 heterocycles. The number of para-hydroxylation sites is 1. The Balaban J connectivity index is 1.69. The van der Waals surface area contributed by atoms with E-state index in [2.05, 4.69) is 10.0 Å². The Bertz CT molecular complexity index is 1170. The number of nitrogens with one attached hydrogen (secondary N) is 2. The van der Waals surface area contributed by atoms with Gasteiger partial charge in [0.25, 0.3) is 15.9 Å². The van der Waals surface area contributed by atoms with Crippen LogP contribution in [0.25, 0.3) is 0 Å². The zero-order valence-electron chi connectivity index (χ0n) is 18.1. The molecule has 2 N–H and O–H groups in total. The maximum Gasteiger partial charge on any atom is 0.265 e. The molecular weight excluding hydrogens is 431 g/mol. The van der Waals surface area contributed by atoms with E-state index in [9.17, 15) is 17.6 Å². The normalized spacial score (nSPS) is 12.1. The fourth-order valence-electron chi connectivity index (χ4n) is 3.11. The summed E-state index contributed by atoms with van der Waals surface area (Å²) in [4.78, 5) is 12.6. The summed E-state index contributed by atoms with van der Waals surface area (Å²) >= 11 is 0. The van der Waals surface area contributed by atoms with Crippen LogP contribution in [0.5, 0.6) is 5.75 Å². The van der Waals surface area contributed by atoms with Crippen molar-refractivity contribution in [1.82, 2.24) is 0 Å². The monoisotopic (exact) mass is 456 g/mol. The minimum Gasteiger partial charge on any atom is -0.481 e. The third-order valence-electron chi connectivity index (χ3n) is 4.90. The summed E-state index contributed by atoms with van der Waals surface area (Å²) in [6, 6.07) is 16.8. The van der Waals surface area contributed by atoms with Gasteiger partial charge in [-0.1, -0.05) is 25.1 Å². The van der Waals surface area contributed by atoms with E-state index in [0.717, 1.165) is 11.1 Å². The molecule has 168 valence electrons. The molecule has 0 bridgehead atoms. The van der Waals surface area contributed by atoms with Crippen molar-refractivity contribution in [2.24, 2.45) is 0 Å². The van der Waals surface area contributed by atoms with Gasteiger partial charge in [-0.05, 0) is 79.9 Å². The standard InChI is InChI=1S/C24H25FN2O4S/c1-4-22(31-20-12-8-18(25)9-13-20)24(28)26-19-10-14-21(15-11-19)32(29,30)27-23-16(2)6-5-7-17(23)3/h5-15,22,27H,4H2,1-3H3,(H,26,28)/t22-/m0/s1. The van der Waals surface area contributed by atoms with E-state index in [-0.39, 0.29) is 10.8 Å². The van der Waals surface area contributed by atoms with Crippen molar-refractivity contribution in [3.8, 4) is 5.75 Å². The summed E-state index contributed by atoms with van der Waals surface area (Å²) in [7, 11) is -3.79. The summed E-state index contributed by atoms with van der Waals surface area (Å²) < 4.78 is 46.9. The molecule has 1 amide bonds. The number of hydrogen-bond donors (Lipinski definition) is 2. The van der Waals surface area contributed by atoms with Gasteiger partial charge in [-0.3, -0.25) is 9.52 Å². The van der Waals surface area contributed by atoms with Gasteiger partial charge < -0.3 is 10.1 Å². The van der Waals surface area contributed by atoms with E-state index in [4.69, 9.17) is 4.74 Å². The first-order chi connectivity index (χ1) is 15.2. The number of benzene rings is 3. The topological polar surface area (TPSA) is 84.5 Å². The second kappa shape index (κ2) is 9.82. The van der Waals surface area contributed by atoms with E-state index in [1.165, 1.54) is 48.5 Å². The zero-order chi connectivity index (χ0) is 23.3. The summed E-state index contributed by atoms with van der Waals surface area (Å²) in [5.74, 6) is -0.398. The molecule has 0 saturated carbocycles. The molecule has 0 unspecified atom stereocenters. The molecule has 3 aromatic carbocycles. The minimum absolute atomic E-state index is 0.0766. The Morgan fingerprint density at radius 2 is 1.56 bits per heavy atom. The highest BCUT2D eigenvalue weighted by atomic mass is 32.2. The Kier molecular flexibility index (Phi) is 7.15. The lowest BCUT2D eigenvalue weighted by molar-refractivity contribution is -0.122. The van der Waals surface area contributed by atoms with E-state index in [0.29, 0.717) is 23.5 Å². The van der Waals surface area contributed by atoms with Crippen LogP contribution in [0.3, 0.4) is 0 Å². The predicted molar refractivity (Wildman–Crippen MR) is 123 cm³/mol. The van der Waals surface area contributed by atoms with E-state index < -0.39 is 21.9 Å². The van der Waals surface area contributed by atoms with Crippen LogP contribution < -0.4 is 14.8 Å². The maximum absolute atomic E-state index is 13.0. The molecule has 3 rings (SSSR count). The van der Waals surface area contributed by atoms with E-state index >= 15 is 0 Å². The van der Waals surface area contributed by atoms with Crippen molar-refractivity contribution in [3.63, 3.8) is 0 Å². The molecule has 0 fully saturated rings. The highest BCUT2D eigenvalue weighted by Gasteiger charge is 2.20. The van der Waals surface area contributed by atoms with Gasteiger partial charge in [0.2, 0.25) is 0 Å². The number of carbonyl (C=O) groups is 1. The van der Waals surface area contributed by atoms with Gasteiger partial charge in [-0.2, -0.15) is 0 Å². The molecule has 1 atom stereocenters. The van der Waals surface area contributed by atoms with Gasteiger partial charge in [0.15, 0.2) is 6.10 Å². The highest BCUT2D eigenvalue weighted by Crippen LogP contribution is 2.24. The molecule has 0 aliphatic carbocycles. The number of rotatable bonds is 8. The Hall–Kier alpha value is -3.39. The molecule has 32 heavy (non-hydrogen) atoms. The molecule has 0 aromatic heterocycles. The SMILES string of the molecule is CC[C@H](Oc1ccc(F)cc1)C(=O)Nc1ccc(S(=O)(=O)Nc2c(C)cccc2C)cc1. The summed E-state index contributed by atoms with van der Waals surface area (Å²) in [6.07, 6.45) is -0.385. The third-order valence-corrected chi connectivity index (χ3v) is 6.27. The van der Waals surface area contributed by atoms with Crippen molar-refractivity contribution < 1.29 is 22.3 Å². The first-order valence-electron chi connectivity index (χ1n) is 10.1. The van der Waals surface area contributed by atoms with Crippen molar-refractivity contribution >= 4 is 27.3 Å². The average molecular weight is 457 g/mol. The zero-order valence-corrected chi connectivity index (χ0v) is 18.9. The third kappa shape index (κ3) is 5.64. The van der Waals surface area contributed by atoms with Gasteiger partial charge >= 0.3 is 0 Å². The van der Waals surface area contributed by atoms with Crippen LogP contribution in [0.15, 0.2) is 71.6 Å². The second-order valence-corrected chi connectivity index (χ2v) is 9.04. The molecule has 0 aliphatic rings. The molecular formula is C24H25FN2O4S. The first kappa shape index (κ1) is 23.3. The van der Waals surface area contributed by atoms with Crippen molar-refractivity contribution in [2.75, 3.05) is 10.0 Å². The number of aryl methyl sites for hydroxylation is 2. The summed E-state index contributed by atoms with van der Waals surface area (Å²) in [5.41, 5.74) is 2.63. The molecule has 8 heteroatoms. The number of halogens is 1. The van der Waals surface area contributed by atoms with Gasteiger partial charge in [0, 0.05) is 5.69 Å². The maximum atomic E-state index is 13.0. The number of anilines is 2. The van der Waals surface area contributed by atoms with Crippen LogP contribution in [-0.2, 0) is 14.8 Å². The minimum atomic E-state index is -3.79. The van der Waals surface area contributed by atoms with Gasteiger partial charge in [0.1, 0.15) is 11.6 Å². The predicted octanol–water partition coefficient (Wildman–Crippen LogP) is 5.04. The van der Waals surface area contributed by atoms with Crippen LogP contribution in [0.1, 0.15) is 24.5 Å². The van der Waals surface area contributed by atoms with Crippen molar-refractivity contribution in [2.45, 2.75) is 38.2 Å². The van der Waals surface area contributed by atoms with Crippen LogP contribution in [0.2, 0.25) is 0 Å². The quantitative estimate of drug-likeness (QED) is 0.497. The highest BCUT2D eigenvalue weighted by molar-refractivity contribution is 7.92. The smallest absolute Gasteiger partial charge is 0.265 e. The average Bonchev–Trinajstić information content (AvgIpc) is 2.76. The van der Waals surface area contributed by atoms with Gasteiger partial charge in [0.05, 0.1) is 10.6 Å². The first-order valence-corrected chi connectivity index (χ1v) is 11.6. The Labute approximate surface area is 187 Å². The van der Waals surface area contributed by atoms with Crippen molar-refractivity contribution in [3.05, 3.63) is 83.7 Å². The fraction of sp³-hybridized carbons (Fsp3) is 0.208. The van der Waals surface area contributed by atoms with Crippen molar-refractivity contribution in [1.29, 1.82) is 0 Å². The van der Waals surface area contributed by atoms with Crippen LogP contribution in [0.4, 0.5) is 15.8 Å². The van der Waals surface area contributed by atoms with E-state index in [1.807, 2.05) is 32.0 Å². The fourth-order valence-corrected chi connectivity index (χ4v) is 4.31. The largest absolute Gasteiger partial charge is 0.481 e. The second-order valence-electron chi connectivity index (χ2n) is 7.35. The lowest BCUT2D eigenvalue weighted by Gasteiger charge is -2.17. The molecule has 6 nitrogen and oxygen atoms in total. The molecule has 0 radical (unpaired) electrons. The molecule has 0 saturated heterocycles. The number of ether oxygens (including phenoxy) is 1. The van der Waals surface area contributed by atoms with Crippen LogP contribution in [0, 0.1) is 19.7 Å². The van der Waals surface area contributed by atoms with Gasteiger partial charge in [-0.25, -0.2) is 12.8 Å². The lowest BCUT2D eigenvalue weighted by Crippen LogP contribution is -2.32. The lowest BCUT2D eigenvalue weighted by atomic mass is 10.1. The van der Waals surface area contributed by atoms with Crippen LogP contribution in [-0.4, -0.2) is 20.4 Å². The molecule has 3 aromatic rings.